The van der Waals surface area contributed by atoms with Crippen LogP contribution in [-0.4, -0.2) is 68.4 Å². The molecule has 1 aliphatic heterocycles. The Morgan fingerprint density at radius 3 is 2.24 bits per heavy atom. The Morgan fingerprint density at radius 1 is 0.881 bits per heavy atom. The van der Waals surface area contributed by atoms with Gasteiger partial charge < -0.3 is 29.3 Å². The predicted molar refractivity (Wildman–Crippen MR) is 165 cm³/mol. The highest BCUT2D eigenvalue weighted by Crippen LogP contribution is 2.35. The number of hydrogen-bond donors (Lipinski definition) is 1. The van der Waals surface area contributed by atoms with Gasteiger partial charge in [0.1, 0.15) is 23.1 Å². The highest BCUT2D eigenvalue weighted by atomic mass is 16.6. The fourth-order valence-corrected chi connectivity index (χ4v) is 4.97. The smallest absolute Gasteiger partial charge is 0.425 e. The molecular weight excluding hydrogens is 532 g/mol. The summed E-state index contributed by atoms with van der Waals surface area (Å²) < 4.78 is 16.7. The Bertz CT molecular complexity index is 1520. The molecule has 4 aromatic rings. The van der Waals surface area contributed by atoms with E-state index < -0.39 is 6.09 Å². The number of aromatic nitrogens is 2. The number of likely N-dealkylation sites (N-methyl/N-ethyl adjacent to an activating group) is 1. The standard InChI is InChI=1S/C32H36N6O4/c1-22-7-6-8-23(2)30(22)38(32(39)42-26-12-10-25(40-4)11-13-26)29-15-16-33-31(35-29)34-24-9-14-27(28(21-24)41-5)37-19-17-36(3)18-20-37/h6-16,21H,17-20H2,1-5H3,(H,33,34,35). The topological polar surface area (TPSA) is 92.3 Å². The molecular formula is C32H36N6O4. The molecule has 0 unspecified atom stereocenters. The van der Waals surface area contributed by atoms with Crippen LogP contribution in [0.5, 0.6) is 17.2 Å². The summed E-state index contributed by atoms with van der Waals surface area (Å²) in [6.07, 6.45) is 1.02. The maximum Gasteiger partial charge on any atom is 0.425 e. The number of nitrogens with zero attached hydrogens (tertiary/aromatic N) is 5. The lowest BCUT2D eigenvalue weighted by atomic mass is 10.1. The van der Waals surface area contributed by atoms with E-state index in [-0.39, 0.29) is 0 Å². The van der Waals surface area contributed by atoms with Gasteiger partial charge in [-0.15, -0.1) is 0 Å². The van der Waals surface area contributed by atoms with E-state index in [1.165, 1.54) is 4.90 Å². The van der Waals surface area contributed by atoms with Crippen LogP contribution in [0.3, 0.4) is 0 Å². The van der Waals surface area contributed by atoms with Crippen LogP contribution >= 0.6 is 0 Å². The lowest BCUT2D eigenvalue weighted by molar-refractivity contribution is 0.210. The van der Waals surface area contributed by atoms with E-state index in [1.807, 2.05) is 50.2 Å². The zero-order valence-electron chi connectivity index (χ0n) is 24.6. The van der Waals surface area contributed by atoms with Gasteiger partial charge in [-0.1, -0.05) is 18.2 Å². The lowest BCUT2D eigenvalue weighted by Gasteiger charge is -2.34. The normalized spacial score (nSPS) is 13.4. The van der Waals surface area contributed by atoms with E-state index in [0.717, 1.165) is 54.4 Å². The molecule has 1 aromatic heterocycles. The molecule has 218 valence electrons. The maximum absolute atomic E-state index is 13.7. The number of benzene rings is 3. The summed E-state index contributed by atoms with van der Waals surface area (Å²) in [5.74, 6) is 2.51. The van der Waals surface area contributed by atoms with Crippen LogP contribution in [0.2, 0.25) is 0 Å². The second-order valence-electron chi connectivity index (χ2n) is 10.2. The fraction of sp³-hybridized carbons (Fsp3) is 0.281. The number of piperazine rings is 1. The van der Waals surface area contributed by atoms with Crippen LogP contribution in [0, 0.1) is 13.8 Å². The van der Waals surface area contributed by atoms with Crippen molar-refractivity contribution in [2.24, 2.45) is 0 Å². The first-order valence-electron chi connectivity index (χ1n) is 13.8. The van der Waals surface area contributed by atoms with Gasteiger partial charge in [-0.2, -0.15) is 4.98 Å². The Balaban J connectivity index is 1.43. The van der Waals surface area contributed by atoms with Gasteiger partial charge in [0.2, 0.25) is 5.95 Å². The van der Waals surface area contributed by atoms with E-state index in [1.54, 1.807) is 50.7 Å². The molecule has 0 saturated carbocycles. The number of rotatable bonds is 8. The number of anilines is 5. The minimum atomic E-state index is -0.597. The summed E-state index contributed by atoms with van der Waals surface area (Å²) in [6.45, 7) is 7.77. The number of amides is 1. The van der Waals surface area contributed by atoms with Crippen LogP contribution in [0.4, 0.5) is 33.6 Å². The van der Waals surface area contributed by atoms with Crippen LogP contribution < -0.4 is 29.3 Å². The Labute approximate surface area is 246 Å². The largest absolute Gasteiger partial charge is 0.497 e. The summed E-state index contributed by atoms with van der Waals surface area (Å²) in [5, 5.41) is 3.27. The molecule has 42 heavy (non-hydrogen) atoms. The third-order valence-corrected chi connectivity index (χ3v) is 7.26. The van der Waals surface area contributed by atoms with Crippen LogP contribution in [0.15, 0.2) is 72.9 Å². The molecule has 0 aliphatic carbocycles. The average Bonchev–Trinajstić information content (AvgIpc) is 3.00. The number of carbonyl (C=O) groups excluding carboxylic acids is 1. The quantitative estimate of drug-likeness (QED) is 0.277. The number of ether oxygens (including phenoxy) is 3. The maximum atomic E-state index is 13.7. The van der Waals surface area contributed by atoms with Crippen molar-refractivity contribution in [3.8, 4) is 17.2 Å². The van der Waals surface area contributed by atoms with Crippen molar-refractivity contribution in [2.75, 3.05) is 62.6 Å². The van der Waals surface area contributed by atoms with Crippen molar-refractivity contribution in [3.05, 3.63) is 84.1 Å². The molecule has 10 nitrogen and oxygen atoms in total. The van der Waals surface area contributed by atoms with Gasteiger partial charge in [-0.3, -0.25) is 0 Å². The summed E-state index contributed by atoms with van der Waals surface area (Å²) in [5.41, 5.74) is 4.31. The first-order valence-corrected chi connectivity index (χ1v) is 13.8. The molecule has 0 radical (unpaired) electrons. The number of nitrogens with one attached hydrogen (secondary N) is 1. The molecule has 2 heterocycles. The molecule has 5 rings (SSSR count). The summed E-state index contributed by atoms with van der Waals surface area (Å²) >= 11 is 0. The Kier molecular flexibility index (Phi) is 8.73. The van der Waals surface area contributed by atoms with Crippen LogP contribution in [-0.2, 0) is 0 Å². The number of methoxy groups -OCH3 is 2. The molecule has 1 aliphatic rings. The number of aryl methyl sites for hydroxylation is 2. The highest BCUT2D eigenvalue weighted by Gasteiger charge is 2.26. The van der Waals surface area contributed by atoms with Gasteiger partial charge in [0.25, 0.3) is 0 Å². The van der Waals surface area contributed by atoms with Gasteiger partial charge in [0.05, 0.1) is 25.6 Å². The molecule has 10 heteroatoms. The first-order chi connectivity index (χ1) is 20.4. The van der Waals surface area contributed by atoms with Gasteiger partial charge in [0.15, 0.2) is 0 Å². The van der Waals surface area contributed by atoms with E-state index in [0.29, 0.717) is 29.0 Å². The first kappa shape index (κ1) is 28.7. The Hall–Kier alpha value is -4.83. The van der Waals surface area contributed by atoms with Crippen molar-refractivity contribution < 1.29 is 19.0 Å². The van der Waals surface area contributed by atoms with Crippen molar-refractivity contribution >= 4 is 34.9 Å². The number of carbonyl (C=O) groups is 1. The zero-order valence-corrected chi connectivity index (χ0v) is 24.6. The summed E-state index contributed by atoms with van der Waals surface area (Å²) in [7, 11) is 5.39. The number of para-hydroxylation sites is 1. The second kappa shape index (κ2) is 12.8. The molecule has 3 aromatic carbocycles. The van der Waals surface area contributed by atoms with Crippen molar-refractivity contribution in [2.45, 2.75) is 13.8 Å². The van der Waals surface area contributed by atoms with E-state index in [2.05, 4.69) is 27.1 Å². The number of hydrogen-bond acceptors (Lipinski definition) is 9. The molecule has 1 amide bonds. The van der Waals surface area contributed by atoms with Crippen molar-refractivity contribution in [1.82, 2.24) is 14.9 Å². The lowest BCUT2D eigenvalue weighted by Crippen LogP contribution is -2.44. The van der Waals surface area contributed by atoms with Crippen LogP contribution in [0.25, 0.3) is 0 Å². The van der Waals surface area contributed by atoms with E-state index in [9.17, 15) is 4.79 Å². The zero-order chi connectivity index (χ0) is 29.6. The third kappa shape index (κ3) is 6.39. The van der Waals surface area contributed by atoms with Gasteiger partial charge in [-0.25, -0.2) is 14.7 Å². The molecule has 0 spiro atoms. The molecule has 0 atom stereocenters. The van der Waals surface area contributed by atoms with Crippen LogP contribution in [0.1, 0.15) is 11.1 Å². The van der Waals surface area contributed by atoms with E-state index in [4.69, 9.17) is 19.2 Å². The molecule has 1 fully saturated rings. The molecule has 1 N–H and O–H groups in total. The minimum Gasteiger partial charge on any atom is -0.497 e. The minimum absolute atomic E-state index is 0.329. The highest BCUT2D eigenvalue weighted by molar-refractivity contribution is 5.98. The third-order valence-electron chi connectivity index (χ3n) is 7.26. The van der Waals surface area contributed by atoms with Crippen molar-refractivity contribution in [1.29, 1.82) is 0 Å². The SMILES string of the molecule is COc1ccc(OC(=O)N(c2ccnc(Nc3ccc(N4CCN(C)CC4)c(OC)c3)n2)c2c(C)cccc2C)cc1. The monoisotopic (exact) mass is 568 g/mol. The molecule has 0 bridgehead atoms. The van der Waals surface area contributed by atoms with Gasteiger partial charge in [0, 0.05) is 50.2 Å². The summed E-state index contributed by atoms with van der Waals surface area (Å²) in [4.78, 5) is 29.0. The predicted octanol–water partition coefficient (Wildman–Crippen LogP) is 5.94. The summed E-state index contributed by atoms with van der Waals surface area (Å²) in [6, 6.07) is 20.3. The fourth-order valence-electron chi connectivity index (χ4n) is 4.97. The van der Waals surface area contributed by atoms with Gasteiger partial charge in [-0.05, 0) is 68.4 Å². The molecule has 1 saturated heterocycles. The second-order valence-corrected chi connectivity index (χ2v) is 10.2. The van der Waals surface area contributed by atoms with E-state index >= 15 is 0 Å². The van der Waals surface area contributed by atoms with Gasteiger partial charge >= 0.3 is 6.09 Å². The average molecular weight is 569 g/mol. The Morgan fingerprint density at radius 2 is 1.57 bits per heavy atom. The van der Waals surface area contributed by atoms with Crippen molar-refractivity contribution in [3.63, 3.8) is 0 Å².